The van der Waals surface area contributed by atoms with E-state index in [1.807, 2.05) is 12.4 Å². The Morgan fingerprint density at radius 1 is 1.13 bits per heavy atom. The van der Waals surface area contributed by atoms with Gasteiger partial charge in [-0.1, -0.05) is 0 Å². The number of nitrogens with zero attached hydrogens (tertiary/aromatic N) is 7. The second kappa shape index (κ2) is 11.3. The average molecular weight is 525 g/mol. The van der Waals surface area contributed by atoms with Crippen LogP contribution in [-0.2, 0) is 10.3 Å². The zero-order valence-corrected chi connectivity index (χ0v) is 23.6. The van der Waals surface area contributed by atoms with Gasteiger partial charge >= 0.3 is 0 Å². The topological polar surface area (TPSA) is 96.0 Å². The van der Waals surface area contributed by atoms with Crippen molar-refractivity contribution in [3.8, 4) is 11.1 Å². The molecular weight excluding hydrogens is 480 g/mol. The number of ether oxygens (including phenoxy) is 1. The summed E-state index contributed by atoms with van der Waals surface area (Å²) in [4.78, 5) is 9.58. The molecule has 1 saturated heterocycles. The molecule has 208 valence electrons. The number of hydrogen-bond donors (Lipinski definition) is 2. The highest BCUT2D eigenvalue weighted by Gasteiger charge is 2.29. The molecule has 2 fully saturated rings. The maximum absolute atomic E-state index is 10.1. The van der Waals surface area contributed by atoms with Crippen molar-refractivity contribution >= 4 is 11.5 Å². The first kappa shape index (κ1) is 27.1. The van der Waals surface area contributed by atoms with Gasteiger partial charge in [-0.05, 0) is 59.6 Å². The van der Waals surface area contributed by atoms with Crippen LogP contribution < -0.4 is 5.32 Å². The molecule has 0 amide bonds. The lowest BCUT2D eigenvalue weighted by molar-refractivity contribution is 0.108. The zero-order valence-electron chi connectivity index (χ0n) is 23.6. The summed E-state index contributed by atoms with van der Waals surface area (Å²) in [5, 5.41) is 23.2. The molecule has 0 aromatic carbocycles. The Labute approximate surface area is 226 Å². The maximum Gasteiger partial charge on any atom is 0.241 e. The largest absolute Gasteiger partial charge is 0.393 e. The minimum Gasteiger partial charge on any atom is -0.393 e. The smallest absolute Gasteiger partial charge is 0.241 e. The van der Waals surface area contributed by atoms with E-state index in [0.717, 1.165) is 75.1 Å². The van der Waals surface area contributed by atoms with Crippen molar-refractivity contribution in [1.29, 1.82) is 0 Å². The molecule has 0 unspecified atom stereocenters. The molecule has 5 rings (SSSR count). The Balaban J connectivity index is 1.45. The van der Waals surface area contributed by atoms with Crippen LogP contribution in [0.25, 0.3) is 16.6 Å². The molecule has 0 spiro atoms. The van der Waals surface area contributed by atoms with Crippen LogP contribution in [-0.4, -0.2) is 105 Å². The van der Waals surface area contributed by atoms with Crippen LogP contribution in [0, 0.1) is 0 Å². The molecule has 1 aliphatic carbocycles. The standard InChI is InChI=1S/C28H44N8O2/c1-20(18-38-5)31-27-29-16-26-24(14-25(36(26)32-27)21-6-8-23(37)9-7-21)22-15-30-35(17-22)28(2,3)19-34-12-10-33(4)11-13-34/h14-17,20-21,23,37H,6-13,18-19H2,1-5H3,(H,31,32)/t20-,21?,23?/m0/s1. The lowest BCUT2D eigenvalue weighted by Gasteiger charge is -2.37. The molecule has 3 aromatic rings. The van der Waals surface area contributed by atoms with Crippen molar-refractivity contribution in [3.05, 3.63) is 30.4 Å². The minimum absolute atomic E-state index is 0.0986. The first-order valence-corrected chi connectivity index (χ1v) is 14.0. The fourth-order valence-electron chi connectivity index (χ4n) is 5.91. The molecular formula is C28H44N8O2. The van der Waals surface area contributed by atoms with E-state index < -0.39 is 0 Å². The number of aliphatic hydroxyl groups is 1. The summed E-state index contributed by atoms with van der Waals surface area (Å²) in [7, 11) is 3.89. The number of aromatic nitrogens is 5. The van der Waals surface area contributed by atoms with E-state index in [0.29, 0.717) is 18.5 Å². The predicted molar refractivity (Wildman–Crippen MR) is 150 cm³/mol. The summed E-state index contributed by atoms with van der Waals surface area (Å²) in [6.45, 7) is 12.5. The van der Waals surface area contributed by atoms with Crippen LogP contribution >= 0.6 is 0 Å². The van der Waals surface area contributed by atoms with E-state index in [-0.39, 0.29) is 17.7 Å². The second-order valence-electron chi connectivity index (χ2n) is 11.9. The number of anilines is 1. The summed E-state index contributed by atoms with van der Waals surface area (Å²) in [5.41, 5.74) is 4.21. The summed E-state index contributed by atoms with van der Waals surface area (Å²) >= 11 is 0. The molecule has 1 aliphatic heterocycles. The number of piperazine rings is 1. The van der Waals surface area contributed by atoms with Crippen LogP contribution in [0.3, 0.4) is 0 Å². The van der Waals surface area contributed by atoms with Gasteiger partial charge in [-0.2, -0.15) is 5.10 Å². The molecule has 2 N–H and O–H groups in total. The molecule has 0 radical (unpaired) electrons. The number of nitrogens with one attached hydrogen (secondary N) is 1. The van der Waals surface area contributed by atoms with Crippen molar-refractivity contribution in [1.82, 2.24) is 34.2 Å². The third-order valence-corrected chi connectivity index (χ3v) is 8.17. The molecule has 1 saturated carbocycles. The monoisotopic (exact) mass is 524 g/mol. The van der Waals surface area contributed by atoms with Gasteiger partial charge in [0.2, 0.25) is 5.95 Å². The fourth-order valence-corrected chi connectivity index (χ4v) is 5.91. The molecule has 10 heteroatoms. The Hall–Kier alpha value is -2.53. The Morgan fingerprint density at radius 2 is 1.87 bits per heavy atom. The van der Waals surface area contributed by atoms with Gasteiger partial charge in [0.25, 0.3) is 0 Å². The highest BCUT2D eigenvalue weighted by molar-refractivity contribution is 5.81. The van der Waals surface area contributed by atoms with E-state index in [1.165, 1.54) is 5.69 Å². The highest BCUT2D eigenvalue weighted by atomic mass is 16.5. The van der Waals surface area contributed by atoms with Gasteiger partial charge in [0.05, 0.1) is 36.2 Å². The first-order valence-electron chi connectivity index (χ1n) is 14.0. The molecule has 38 heavy (non-hydrogen) atoms. The van der Waals surface area contributed by atoms with Crippen LogP contribution in [0.5, 0.6) is 0 Å². The van der Waals surface area contributed by atoms with E-state index in [9.17, 15) is 5.11 Å². The van der Waals surface area contributed by atoms with E-state index in [4.69, 9.17) is 14.9 Å². The predicted octanol–water partition coefficient (Wildman–Crippen LogP) is 3.04. The number of rotatable bonds is 9. The molecule has 3 aromatic heterocycles. The zero-order chi connectivity index (χ0) is 26.9. The minimum atomic E-state index is -0.195. The van der Waals surface area contributed by atoms with Crippen molar-refractivity contribution in [2.24, 2.45) is 0 Å². The highest BCUT2D eigenvalue weighted by Crippen LogP contribution is 2.38. The lowest BCUT2D eigenvalue weighted by Crippen LogP contribution is -2.50. The summed E-state index contributed by atoms with van der Waals surface area (Å²) < 4.78 is 9.44. The quantitative estimate of drug-likeness (QED) is 0.441. The van der Waals surface area contributed by atoms with E-state index in [2.05, 4.69) is 69.4 Å². The average Bonchev–Trinajstić information content (AvgIpc) is 3.52. The Kier molecular flexibility index (Phi) is 8.04. The number of aliphatic hydroxyl groups excluding tert-OH is 1. The maximum atomic E-state index is 10.1. The van der Waals surface area contributed by atoms with Crippen molar-refractivity contribution in [3.63, 3.8) is 0 Å². The van der Waals surface area contributed by atoms with Gasteiger partial charge < -0.3 is 20.1 Å². The van der Waals surface area contributed by atoms with Gasteiger partial charge in [0.1, 0.15) is 0 Å². The van der Waals surface area contributed by atoms with Gasteiger partial charge in [0.15, 0.2) is 0 Å². The summed E-state index contributed by atoms with van der Waals surface area (Å²) in [5.74, 6) is 0.938. The van der Waals surface area contributed by atoms with Crippen molar-refractivity contribution in [2.45, 2.75) is 70.1 Å². The molecule has 10 nitrogen and oxygen atoms in total. The van der Waals surface area contributed by atoms with E-state index >= 15 is 0 Å². The van der Waals surface area contributed by atoms with Crippen LogP contribution in [0.15, 0.2) is 24.7 Å². The third-order valence-electron chi connectivity index (χ3n) is 8.17. The molecule has 0 bridgehead atoms. The SMILES string of the molecule is COC[C@H](C)Nc1ncc2c(-c3cnn(C(C)(C)CN4CCN(C)CC4)c3)cc(C3CCC(O)CC3)n2n1. The summed E-state index contributed by atoms with van der Waals surface area (Å²) in [6.07, 6.45) is 9.43. The normalized spacial score (nSPS) is 22.7. The van der Waals surface area contributed by atoms with Crippen LogP contribution in [0.4, 0.5) is 5.95 Å². The number of methoxy groups -OCH3 is 1. The molecule has 1 atom stereocenters. The van der Waals surface area contributed by atoms with Crippen molar-refractivity contribution in [2.75, 3.05) is 58.8 Å². The molecule has 2 aliphatic rings. The molecule has 4 heterocycles. The number of likely N-dealkylation sites (N-methyl/N-ethyl adjacent to an activating group) is 1. The van der Waals surface area contributed by atoms with Gasteiger partial charge in [-0.25, -0.2) is 9.50 Å². The van der Waals surface area contributed by atoms with Gasteiger partial charge in [-0.3, -0.25) is 9.58 Å². The van der Waals surface area contributed by atoms with Crippen molar-refractivity contribution < 1.29 is 9.84 Å². The van der Waals surface area contributed by atoms with Gasteiger partial charge in [0, 0.05) is 74.8 Å². The van der Waals surface area contributed by atoms with E-state index in [1.54, 1.807) is 7.11 Å². The third kappa shape index (κ3) is 5.88. The summed E-state index contributed by atoms with van der Waals surface area (Å²) in [6, 6.07) is 2.37. The lowest BCUT2D eigenvalue weighted by atomic mass is 9.85. The van der Waals surface area contributed by atoms with Crippen LogP contribution in [0.2, 0.25) is 0 Å². The number of fused-ring (bicyclic) bond motifs is 1. The Bertz CT molecular complexity index is 1200. The number of hydrogen-bond acceptors (Lipinski definition) is 8. The second-order valence-corrected chi connectivity index (χ2v) is 11.9. The van der Waals surface area contributed by atoms with Crippen LogP contribution in [0.1, 0.15) is 58.1 Å². The Morgan fingerprint density at radius 3 is 2.58 bits per heavy atom. The van der Waals surface area contributed by atoms with Gasteiger partial charge in [-0.15, -0.1) is 5.10 Å². The first-order chi connectivity index (χ1) is 18.2. The fraction of sp³-hybridized carbons (Fsp3) is 0.679.